The zero-order chi connectivity index (χ0) is 14.2. The third-order valence-electron chi connectivity index (χ3n) is 4.76. The van der Waals surface area contributed by atoms with Crippen molar-refractivity contribution >= 4 is 5.91 Å². The maximum absolute atomic E-state index is 12.5. The van der Waals surface area contributed by atoms with E-state index >= 15 is 0 Å². The number of hydrogen-bond donors (Lipinski definition) is 1. The number of nitrogens with one attached hydrogen (secondary N) is 1. The van der Waals surface area contributed by atoms with Crippen molar-refractivity contribution in [1.82, 2.24) is 15.1 Å². The molecule has 1 fully saturated rings. The topological polar surface area (TPSA) is 46.9 Å². The summed E-state index contributed by atoms with van der Waals surface area (Å²) >= 11 is 0. The summed E-state index contributed by atoms with van der Waals surface area (Å²) < 4.78 is 1.77. The first-order chi connectivity index (χ1) is 8.91. The molecule has 1 heterocycles. The molecule has 4 nitrogen and oxygen atoms in total. The Bertz CT molecular complexity index is 478. The Kier molecular flexibility index (Phi) is 3.97. The number of amides is 1. The molecular formula is C15H25N3O. The maximum Gasteiger partial charge on any atom is 0.255 e. The quantitative estimate of drug-likeness (QED) is 0.891. The van der Waals surface area contributed by atoms with Crippen LogP contribution in [0.2, 0.25) is 0 Å². The minimum absolute atomic E-state index is 0.0362. The molecule has 1 saturated carbocycles. The molecule has 4 heteroatoms. The Morgan fingerprint density at radius 1 is 1.32 bits per heavy atom. The molecule has 1 amide bonds. The van der Waals surface area contributed by atoms with Gasteiger partial charge in [0.2, 0.25) is 0 Å². The molecule has 0 aromatic carbocycles. The van der Waals surface area contributed by atoms with Crippen LogP contribution >= 0.6 is 0 Å². The first kappa shape index (κ1) is 14.1. The summed E-state index contributed by atoms with van der Waals surface area (Å²) in [7, 11) is 1.88. The van der Waals surface area contributed by atoms with E-state index in [-0.39, 0.29) is 5.91 Å². The fourth-order valence-electron chi connectivity index (χ4n) is 3.13. The van der Waals surface area contributed by atoms with Gasteiger partial charge >= 0.3 is 0 Å². The lowest BCUT2D eigenvalue weighted by atomic mass is 9.78. The van der Waals surface area contributed by atoms with Crippen molar-refractivity contribution in [1.29, 1.82) is 0 Å². The minimum Gasteiger partial charge on any atom is -0.349 e. The van der Waals surface area contributed by atoms with Gasteiger partial charge in [0.25, 0.3) is 5.91 Å². The molecular weight excluding hydrogens is 238 g/mol. The van der Waals surface area contributed by atoms with Gasteiger partial charge in [0.05, 0.1) is 11.3 Å². The first-order valence-corrected chi connectivity index (χ1v) is 7.23. The molecule has 0 bridgehead atoms. The highest BCUT2D eigenvalue weighted by atomic mass is 16.1. The second-order valence-corrected chi connectivity index (χ2v) is 6.02. The molecule has 0 radical (unpaired) electrons. The Morgan fingerprint density at radius 2 is 2.00 bits per heavy atom. The smallest absolute Gasteiger partial charge is 0.255 e. The molecule has 0 saturated heterocycles. The lowest BCUT2D eigenvalue weighted by molar-refractivity contribution is 0.0889. The molecule has 1 aromatic heterocycles. The van der Waals surface area contributed by atoms with E-state index in [4.69, 9.17) is 0 Å². The van der Waals surface area contributed by atoms with Gasteiger partial charge in [0.15, 0.2) is 0 Å². The summed E-state index contributed by atoms with van der Waals surface area (Å²) in [6, 6.07) is 0.301. The lowest BCUT2D eigenvalue weighted by Crippen LogP contribution is -2.44. The fraction of sp³-hybridized carbons (Fsp3) is 0.733. The van der Waals surface area contributed by atoms with Crippen molar-refractivity contribution in [3.8, 4) is 0 Å². The maximum atomic E-state index is 12.5. The lowest BCUT2D eigenvalue weighted by Gasteiger charge is -2.34. The minimum atomic E-state index is 0.0362. The number of aromatic nitrogens is 2. The van der Waals surface area contributed by atoms with Crippen molar-refractivity contribution in [3.05, 3.63) is 17.0 Å². The highest BCUT2D eigenvalue weighted by Crippen LogP contribution is 2.29. The number of hydrogen-bond acceptors (Lipinski definition) is 2. The molecule has 19 heavy (non-hydrogen) atoms. The highest BCUT2D eigenvalue weighted by molar-refractivity contribution is 5.96. The second-order valence-electron chi connectivity index (χ2n) is 6.02. The number of rotatable bonds is 2. The van der Waals surface area contributed by atoms with Crippen LogP contribution in [0.1, 0.15) is 54.9 Å². The van der Waals surface area contributed by atoms with Gasteiger partial charge in [-0.05, 0) is 32.1 Å². The van der Waals surface area contributed by atoms with Crippen molar-refractivity contribution in [2.75, 3.05) is 0 Å². The molecule has 1 aliphatic rings. The van der Waals surface area contributed by atoms with Crippen LogP contribution in [0.4, 0.5) is 0 Å². The van der Waals surface area contributed by atoms with Crippen LogP contribution in [0.15, 0.2) is 0 Å². The third-order valence-corrected chi connectivity index (χ3v) is 4.76. The first-order valence-electron chi connectivity index (χ1n) is 7.23. The number of carbonyl (C=O) groups excluding carboxylic acids is 1. The van der Waals surface area contributed by atoms with Crippen LogP contribution < -0.4 is 5.32 Å². The Balaban J connectivity index is 2.12. The molecule has 1 aromatic rings. The van der Waals surface area contributed by atoms with E-state index in [0.29, 0.717) is 17.9 Å². The number of aryl methyl sites for hydroxylation is 2. The Morgan fingerprint density at radius 3 is 2.58 bits per heavy atom. The summed E-state index contributed by atoms with van der Waals surface area (Å²) in [5.74, 6) is 1.28. The molecule has 2 rings (SSSR count). The molecule has 106 valence electrons. The standard InChI is InChI=1S/C15H25N3O/c1-9-7-6-8-13(10(9)2)16-15(19)14-11(3)17-18(5)12(14)4/h9-10,13H,6-8H2,1-5H3,(H,16,19)/t9-,10-,13-/m0/s1. The van der Waals surface area contributed by atoms with Crippen LogP contribution in [0.5, 0.6) is 0 Å². The summed E-state index contributed by atoms with van der Waals surface area (Å²) in [6.07, 6.45) is 3.58. The predicted octanol–water partition coefficient (Wildman–Crippen LogP) is 2.59. The average Bonchev–Trinajstić information content (AvgIpc) is 2.59. The summed E-state index contributed by atoms with van der Waals surface area (Å²) in [5.41, 5.74) is 2.49. The van der Waals surface area contributed by atoms with Gasteiger partial charge < -0.3 is 5.32 Å². The molecule has 3 atom stereocenters. The average molecular weight is 263 g/mol. The summed E-state index contributed by atoms with van der Waals surface area (Å²) in [5, 5.41) is 7.53. The molecule has 0 spiro atoms. The van der Waals surface area contributed by atoms with E-state index in [1.165, 1.54) is 12.8 Å². The van der Waals surface area contributed by atoms with Gasteiger partial charge in [0, 0.05) is 18.8 Å². The SMILES string of the molecule is Cc1nn(C)c(C)c1C(=O)N[C@H]1CCC[C@H](C)[C@@H]1C. The van der Waals surface area contributed by atoms with Crippen molar-refractivity contribution < 1.29 is 4.79 Å². The van der Waals surface area contributed by atoms with Gasteiger partial charge in [0.1, 0.15) is 0 Å². The van der Waals surface area contributed by atoms with Crippen LogP contribution in [0.25, 0.3) is 0 Å². The van der Waals surface area contributed by atoms with E-state index in [0.717, 1.165) is 23.4 Å². The number of nitrogens with zero attached hydrogens (tertiary/aromatic N) is 2. The van der Waals surface area contributed by atoms with E-state index in [2.05, 4.69) is 24.3 Å². The number of carbonyl (C=O) groups is 1. The highest BCUT2D eigenvalue weighted by Gasteiger charge is 2.29. The van der Waals surface area contributed by atoms with Gasteiger partial charge in [-0.1, -0.05) is 26.7 Å². The zero-order valence-electron chi connectivity index (χ0n) is 12.7. The van der Waals surface area contributed by atoms with E-state index in [1.807, 2.05) is 20.9 Å². The third kappa shape index (κ3) is 2.67. The van der Waals surface area contributed by atoms with Gasteiger partial charge in [-0.15, -0.1) is 0 Å². The van der Waals surface area contributed by atoms with Crippen molar-refractivity contribution in [3.63, 3.8) is 0 Å². The fourth-order valence-corrected chi connectivity index (χ4v) is 3.13. The molecule has 1 N–H and O–H groups in total. The summed E-state index contributed by atoms with van der Waals surface area (Å²) in [4.78, 5) is 12.5. The summed E-state index contributed by atoms with van der Waals surface area (Å²) in [6.45, 7) is 8.37. The molecule has 0 aliphatic heterocycles. The van der Waals surface area contributed by atoms with Crippen molar-refractivity contribution in [2.45, 2.75) is 53.0 Å². The van der Waals surface area contributed by atoms with E-state index in [1.54, 1.807) is 4.68 Å². The van der Waals surface area contributed by atoms with Crippen molar-refractivity contribution in [2.24, 2.45) is 18.9 Å². The monoisotopic (exact) mass is 263 g/mol. The van der Waals surface area contributed by atoms with Gasteiger partial charge in [-0.25, -0.2) is 0 Å². The predicted molar refractivity (Wildman–Crippen MR) is 76.1 cm³/mol. The molecule has 1 aliphatic carbocycles. The Labute approximate surface area is 115 Å². The second kappa shape index (κ2) is 5.35. The van der Waals surface area contributed by atoms with Crippen LogP contribution in [-0.2, 0) is 7.05 Å². The zero-order valence-corrected chi connectivity index (χ0v) is 12.7. The largest absolute Gasteiger partial charge is 0.349 e. The van der Waals surface area contributed by atoms with E-state index < -0.39 is 0 Å². The molecule has 0 unspecified atom stereocenters. The van der Waals surface area contributed by atoms with Gasteiger partial charge in [-0.2, -0.15) is 5.10 Å². The Hall–Kier alpha value is -1.32. The van der Waals surface area contributed by atoms with E-state index in [9.17, 15) is 4.79 Å². The van der Waals surface area contributed by atoms with Gasteiger partial charge in [-0.3, -0.25) is 9.48 Å². The van der Waals surface area contributed by atoms with Crippen LogP contribution in [-0.4, -0.2) is 21.7 Å². The van der Waals surface area contributed by atoms with Crippen LogP contribution in [0, 0.1) is 25.7 Å². The normalized spacial score (nSPS) is 27.3. The van der Waals surface area contributed by atoms with Crippen LogP contribution in [0.3, 0.4) is 0 Å².